The molecule has 0 aliphatic carbocycles. The van der Waals surface area contributed by atoms with Gasteiger partial charge in [-0.05, 0) is 53.8 Å². The quantitative estimate of drug-likeness (QED) is 0.640. The molecule has 3 rings (SSSR count). The number of hydrogen-bond donors (Lipinski definition) is 2. The first-order valence-electron chi connectivity index (χ1n) is 8.45. The minimum atomic E-state index is -0.313. The van der Waals surface area contributed by atoms with Crippen molar-refractivity contribution in [2.45, 2.75) is 12.3 Å². The predicted molar refractivity (Wildman–Crippen MR) is 108 cm³/mol. The van der Waals surface area contributed by atoms with E-state index < -0.39 is 0 Å². The Kier molecular flexibility index (Phi) is 6.33. The van der Waals surface area contributed by atoms with Crippen molar-refractivity contribution in [1.29, 1.82) is 0 Å². The van der Waals surface area contributed by atoms with Crippen LogP contribution < -0.4 is 10.6 Å². The van der Waals surface area contributed by atoms with Gasteiger partial charge in [0.05, 0.1) is 6.26 Å². The first kappa shape index (κ1) is 18.8. The van der Waals surface area contributed by atoms with Gasteiger partial charge >= 0.3 is 0 Å². The molecule has 0 unspecified atom stereocenters. The van der Waals surface area contributed by atoms with E-state index in [0.717, 1.165) is 11.3 Å². The molecular formula is C21H20N2O3S. The highest BCUT2D eigenvalue weighted by Crippen LogP contribution is 2.14. The highest BCUT2D eigenvalue weighted by molar-refractivity contribution is 7.97. The lowest BCUT2D eigenvalue weighted by Crippen LogP contribution is -2.22. The summed E-state index contributed by atoms with van der Waals surface area (Å²) >= 11 is 1.74. The number of carbonyl (C=O) groups excluding carboxylic acids is 2. The largest absolute Gasteiger partial charge is 0.459 e. The molecule has 2 amide bonds. The van der Waals surface area contributed by atoms with Gasteiger partial charge in [0.15, 0.2) is 5.76 Å². The van der Waals surface area contributed by atoms with Crippen LogP contribution in [0.4, 0.5) is 5.69 Å². The van der Waals surface area contributed by atoms with Crippen LogP contribution in [-0.4, -0.2) is 18.1 Å². The number of amides is 2. The number of hydrogen-bond acceptors (Lipinski definition) is 4. The summed E-state index contributed by atoms with van der Waals surface area (Å²) < 4.78 is 5.08. The third-order valence-electron chi connectivity index (χ3n) is 3.91. The van der Waals surface area contributed by atoms with Crippen LogP contribution in [-0.2, 0) is 12.3 Å². The molecule has 0 atom stereocenters. The summed E-state index contributed by atoms with van der Waals surface area (Å²) in [5, 5.41) is 5.67. The van der Waals surface area contributed by atoms with Gasteiger partial charge in [0.25, 0.3) is 11.8 Å². The maximum atomic E-state index is 12.3. The van der Waals surface area contributed by atoms with Crippen molar-refractivity contribution in [2.24, 2.45) is 0 Å². The van der Waals surface area contributed by atoms with Crippen molar-refractivity contribution < 1.29 is 14.0 Å². The molecule has 0 fully saturated rings. The monoisotopic (exact) mass is 380 g/mol. The first-order valence-corrected chi connectivity index (χ1v) is 9.85. The summed E-state index contributed by atoms with van der Waals surface area (Å²) in [7, 11) is 0. The lowest BCUT2D eigenvalue weighted by molar-refractivity contribution is 0.0949. The summed E-state index contributed by atoms with van der Waals surface area (Å²) in [6.07, 6.45) is 3.50. The second-order valence-corrected chi connectivity index (χ2v) is 6.81. The fourth-order valence-electron chi connectivity index (χ4n) is 2.56. The number of nitrogens with one attached hydrogen (secondary N) is 2. The van der Waals surface area contributed by atoms with Crippen LogP contribution in [0.2, 0.25) is 0 Å². The Hall–Kier alpha value is -2.99. The van der Waals surface area contributed by atoms with Gasteiger partial charge in [-0.25, -0.2) is 0 Å². The van der Waals surface area contributed by atoms with E-state index >= 15 is 0 Å². The van der Waals surface area contributed by atoms with Crippen LogP contribution in [0.1, 0.15) is 32.0 Å². The summed E-state index contributed by atoms with van der Waals surface area (Å²) in [5.74, 6) is 0.735. The Balaban J connectivity index is 1.57. The van der Waals surface area contributed by atoms with E-state index in [1.165, 1.54) is 11.8 Å². The Bertz CT molecular complexity index is 905. The number of benzene rings is 2. The first-order chi connectivity index (χ1) is 13.2. The summed E-state index contributed by atoms with van der Waals surface area (Å²) in [6.45, 7) is 0.371. The van der Waals surface area contributed by atoms with Crippen molar-refractivity contribution in [3.63, 3.8) is 0 Å². The molecule has 2 aromatic carbocycles. The molecule has 0 bridgehead atoms. The maximum absolute atomic E-state index is 12.3. The molecule has 0 spiro atoms. The van der Waals surface area contributed by atoms with E-state index in [9.17, 15) is 9.59 Å². The molecule has 0 radical (unpaired) electrons. The summed E-state index contributed by atoms with van der Waals surface area (Å²) in [4.78, 5) is 24.3. The highest BCUT2D eigenvalue weighted by Gasteiger charge is 2.09. The van der Waals surface area contributed by atoms with Gasteiger partial charge < -0.3 is 15.1 Å². The van der Waals surface area contributed by atoms with Gasteiger partial charge in [0.2, 0.25) is 0 Å². The Labute approximate surface area is 162 Å². The van der Waals surface area contributed by atoms with Crippen molar-refractivity contribution in [1.82, 2.24) is 5.32 Å². The van der Waals surface area contributed by atoms with Crippen molar-refractivity contribution in [2.75, 3.05) is 11.6 Å². The third-order valence-corrected chi connectivity index (χ3v) is 4.53. The normalized spacial score (nSPS) is 10.4. The summed E-state index contributed by atoms with van der Waals surface area (Å²) in [5.41, 5.74) is 3.35. The van der Waals surface area contributed by atoms with Gasteiger partial charge in [0.1, 0.15) is 0 Å². The second kappa shape index (κ2) is 9.09. The zero-order valence-corrected chi connectivity index (χ0v) is 15.7. The van der Waals surface area contributed by atoms with E-state index in [0.29, 0.717) is 17.8 Å². The van der Waals surface area contributed by atoms with Gasteiger partial charge in [-0.2, -0.15) is 11.8 Å². The predicted octanol–water partition coefficient (Wildman–Crippen LogP) is 4.32. The molecule has 5 nitrogen and oxygen atoms in total. The molecule has 27 heavy (non-hydrogen) atoms. The molecule has 1 heterocycles. The minimum absolute atomic E-state index is 0.129. The molecule has 0 aliphatic heterocycles. The smallest absolute Gasteiger partial charge is 0.291 e. The van der Waals surface area contributed by atoms with E-state index in [-0.39, 0.29) is 17.6 Å². The fourth-order valence-corrected chi connectivity index (χ4v) is 3.09. The van der Waals surface area contributed by atoms with Gasteiger partial charge in [-0.1, -0.05) is 24.3 Å². The molecule has 0 aliphatic rings. The number of carbonyl (C=O) groups is 2. The van der Waals surface area contributed by atoms with Crippen LogP contribution >= 0.6 is 11.8 Å². The average molecular weight is 380 g/mol. The lowest BCUT2D eigenvalue weighted by atomic mass is 10.1. The van der Waals surface area contributed by atoms with E-state index in [1.54, 1.807) is 30.0 Å². The van der Waals surface area contributed by atoms with E-state index in [4.69, 9.17) is 4.42 Å². The Morgan fingerprint density at radius 2 is 1.78 bits per heavy atom. The molecule has 138 valence electrons. The standard InChI is InChI=1S/C21H20N2O3S/c1-27-14-15-7-9-17(10-8-15)20(24)22-13-16-4-2-5-18(12-16)23-21(25)19-6-3-11-26-19/h2-12H,13-14H2,1H3,(H,22,24)(H,23,25). The highest BCUT2D eigenvalue weighted by atomic mass is 32.2. The van der Waals surface area contributed by atoms with Gasteiger partial charge in [0, 0.05) is 23.5 Å². The molecule has 2 N–H and O–H groups in total. The topological polar surface area (TPSA) is 71.3 Å². The maximum Gasteiger partial charge on any atom is 0.291 e. The van der Waals surface area contributed by atoms with E-state index in [1.807, 2.05) is 48.7 Å². The fraction of sp³-hybridized carbons (Fsp3) is 0.143. The minimum Gasteiger partial charge on any atom is -0.459 e. The number of furan rings is 1. The van der Waals surface area contributed by atoms with Crippen LogP contribution in [0, 0.1) is 0 Å². The number of thioether (sulfide) groups is 1. The molecular weight excluding hydrogens is 360 g/mol. The van der Waals surface area contributed by atoms with Crippen molar-refractivity contribution >= 4 is 29.3 Å². The van der Waals surface area contributed by atoms with Crippen LogP contribution in [0.3, 0.4) is 0 Å². The second-order valence-electron chi connectivity index (χ2n) is 5.94. The molecule has 0 saturated heterocycles. The van der Waals surface area contributed by atoms with Crippen molar-refractivity contribution in [3.8, 4) is 0 Å². The van der Waals surface area contributed by atoms with Crippen LogP contribution in [0.5, 0.6) is 0 Å². The molecule has 1 aromatic heterocycles. The summed E-state index contributed by atoms with van der Waals surface area (Å²) in [6, 6.07) is 18.2. The molecule has 6 heteroatoms. The number of rotatable bonds is 7. The average Bonchev–Trinajstić information content (AvgIpc) is 3.22. The number of anilines is 1. The Morgan fingerprint density at radius 1 is 0.963 bits per heavy atom. The van der Waals surface area contributed by atoms with Crippen LogP contribution in [0.25, 0.3) is 0 Å². The molecule has 3 aromatic rings. The molecule has 0 saturated carbocycles. The van der Waals surface area contributed by atoms with E-state index in [2.05, 4.69) is 10.6 Å². The van der Waals surface area contributed by atoms with Gasteiger partial charge in [-0.3, -0.25) is 9.59 Å². The Morgan fingerprint density at radius 3 is 2.48 bits per heavy atom. The van der Waals surface area contributed by atoms with Gasteiger partial charge in [-0.15, -0.1) is 0 Å². The van der Waals surface area contributed by atoms with Crippen molar-refractivity contribution in [3.05, 3.63) is 89.4 Å². The lowest BCUT2D eigenvalue weighted by Gasteiger charge is -2.09. The SMILES string of the molecule is CSCc1ccc(C(=O)NCc2cccc(NC(=O)c3ccco3)c2)cc1. The third kappa shape index (κ3) is 5.24. The zero-order chi connectivity index (χ0) is 19.1. The zero-order valence-electron chi connectivity index (χ0n) is 14.9. The van der Waals surface area contributed by atoms with Crippen LogP contribution in [0.15, 0.2) is 71.3 Å².